The summed E-state index contributed by atoms with van der Waals surface area (Å²) < 4.78 is 0. The Hall–Kier alpha value is -0.980. The second-order valence-electron chi connectivity index (χ2n) is 2.94. The normalized spacial score (nSPS) is 21.3. The summed E-state index contributed by atoms with van der Waals surface area (Å²) in [6.45, 7) is 1.08. The van der Waals surface area contributed by atoms with Gasteiger partial charge >= 0.3 is 0 Å². The maximum atomic E-state index is 8.62. The lowest BCUT2D eigenvalue weighted by Crippen LogP contribution is -2.11. The van der Waals surface area contributed by atoms with Crippen LogP contribution >= 0.6 is 11.8 Å². The number of hydrogen-bond acceptors (Lipinski definition) is 3. The van der Waals surface area contributed by atoms with Crippen molar-refractivity contribution in [2.75, 3.05) is 12.3 Å². The first-order valence-electron chi connectivity index (χ1n) is 4.25. The van der Waals surface area contributed by atoms with E-state index in [0.29, 0.717) is 5.37 Å². The van der Waals surface area contributed by atoms with Crippen molar-refractivity contribution >= 4 is 11.8 Å². The van der Waals surface area contributed by atoms with Crippen LogP contribution in [0.4, 0.5) is 0 Å². The Morgan fingerprint density at radius 3 is 2.69 bits per heavy atom. The van der Waals surface area contributed by atoms with Crippen LogP contribution in [-0.4, -0.2) is 12.3 Å². The monoisotopic (exact) mass is 190 g/mol. The van der Waals surface area contributed by atoms with Crippen molar-refractivity contribution in [2.24, 2.45) is 0 Å². The van der Waals surface area contributed by atoms with Crippen molar-refractivity contribution in [1.29, 1.82) is 5.26 Å². The van der Waals surface area contributed by atoms with Crippen LogP contribution in [0.3, 0.4) is 0 Å². The first-order valence-corrected chi connectivity index (χ1v) is 5.30. The first kappa shape index (κ1) is 8.61. The minimum atomic E-state index is 0.424. The van der Waals surface area contributed by atoms with Gasteiger partial charge in [0.1, 0.15) is 0 Å². The molecule has 1 heterocycles. The van der Waals surface area contributed by atoms with Crippen LogP contribution < -0.4 is 5.32 Å². The molecule has 0 spiro atoms. The fourth-order valence-electron chi connectivity index (χ4n) is 1.37. The van der Waals surface area contributed by atoms with Gasteiger partial charge in [-0.15, -0.1) is 11.8 Å². The molecule has 0 radical (unpaired) electrons. The van der Waals surface area contributed by atoms with Gasteiger partial charge in [0.15, 0.2) is 0 Å². The van der Waals surface area contributed by atoms with E-state index in [1.54, 1.807) is 0 Å². The molecule has 0 aliphatic carbocycles. The maximum absolute atomic E-state index is 8.62. The summed E-state index contributed by atoms with van der Waals surface area (Å²) in [5, 5.41) is 12.4. The quantitative estimate of drug-likeness (QED) is 0.734. The molecule has 0 unspecified atom stereocenters. The van der Waals surface area contributed by atoms with Crippen LogP contribution in [0.2, 0.25) is 0 Å². The van der Waals surface area contributed by atoms with Crippen LogP contribution in [0, 0.1) is 11.3 Å². The molecule has 1 fully saturated rings. The smallest absolute Gasteiger partial charge is 0.0991 e. The number of rotatable bonds is 1. The molecule has 0 aromatic heterocycles. The molecular weight excluding hydrogens is 180 g/mol. The predicted molar refractivity (Wildman–Crippen MR) is 54.4 cm³/mol. The van der Waals surface area contributed by atoms with Gasteiger partial charge in [-0.05, 0) is 17.7 Å². The zero-order valence-electron chi connectivity index (χ0n) is 7.16. The van der Waals surface area contributed by atoms with E-state index in [9.17, 15) is 0 Å². The fourth-order valence-corrected chi connectivity index (χ4v) is 2.43. The van der Waals surface area contributed by atoms with E-state index in [1.807, 2.05) is 36.0 Å². The van der Waals surface area contributed by atoms with E-state index in [-0.39, 0.29) is 0 Å². The van der Waals surface area contributed by atoms with Crippen LogP contribution in [0.1, 0.15) is 16.5 Å². The highest BCUT2D eigenvalue weighted by Crippen LogP contribution is 2.29. The summed E-state index contributed by atoms with van der Waals surface area (Å²) in [7, 11) is 0. The number of thioether (sulfide) groups is 1. The summed E-state index contributed by atoms with van der Waals surface area (Å²) in [5.74, 6) is 1.17. The molecule has 66 valence electrons. The highest BCUT2D eigenvalue weighted by Gasteiger charge is 2.15. The van der Waals surface area contributed by atoms with E-state index >= 15 is 0 Å². The van der Waals surface area contributed by atoms with Crippen molar-refractivity contribution in [1.82, 2.24) is 5.32 Å². The molecule has 1 N–H and O–H groups in total. The summed E-state index contributed by atoms with van der Waals surface area (Å²) in [5.41, 5.74) is 1.99. The van der Waals surface area contributed by atoms with Crippen molar-refractivity contribution in [3.05, 3.63) is 35.4 Å². The molecule has 1 aliphatic rings. The standard InChI is InChI=1S/C10H10N2S/c11-7-8-1-3-9(4-2-8)10-12-5-6-13-10/h1-4,10,12H,5-6H2/t10-/m1/s1. The molecule has 0 bridgehead atoms. The van der Waals surface area contributed by atoms with Crippen LogP contribution in [0.25, 0.3) is 0 Å². The average molecular weight is 190 g/mol. The van der Waals surface area contributed by atoms with Crippen LogP contribution in [-0.2, 0) is 0 Å². The largest absolute Gasteiger partial charge is 0.301 e. The van der Waals surface area contributed by atoms with Gasteiger partial charge in [0, 0.05) is 12.3 Å². The second-order valence-corrected chi connectivity index (χ2v) is 4.15. The highest BCUT2D eigenvalue weighted by molar-refractivity contribution is 7.99. The molecule has 0 saturated carbocycles. The van der Waals surface area contributed by atoms with Crippen LogP contribution in [0.5, 0.6) is 0 Å². The topological polar surface area (TPSA) is 35.8 Å². The third kappa shape index (κ3) is 1.85. The van der Waals surface area contributed by atoms with E-state index in [4.69, 9.17) is 5.26 Å². The molecule has 0 amide bonds. The highest BCUT2D eigenvalue weighted by atomic mass is 32.2. The average Bonchev–Trinajstić information content (AvgIpc) is 2.71. The number of hydrogen-bond donors (Lipinski definition) is 1. The summed E-state index contributed by atoms with van der Waals surface area (Å²) in [6.07, 6.45) is 0. The molecule has 2 nitrogen and oxygen atoms in total. The van der Waals surface area contributed by atoms with Crippen molar-refractivity contribution in [3.63, 3.8) is 0 Å². The lowest BCUT2D eigenvalue weighted by molar-refractivity contribution is 0.751. The SMILES string of the molecule is N#Cc1ccc([C@@H]2NCCS2)cc1. The Bertz CT molecular complexity index is 320. The molecule has 1 atom stereocenters. The van der Waals surface area contributed by atoms with Crippen molar-refractivity contribution < 1.29 is 0 Å². The van der Waals surface area contributed by atoms with Gasteiger partial charge in [0.25, 0.3) is 0 Å². The summed E-state index contributed by atoms with van der Waals surface area (Å²) in [6, 6.07) is 9.90. The first-order chi connectivity index (χ1) is 6.40. The fraction of sp³-hybridized carbons (Fsp3) is 0.300. The van der Waals surface area contributed by atoms with Crippen LogP contribution in [0.15, 0.2) is 24.3 Å². The van der Waals surface area contributed by atoms with E-state index in [0.717, 1.165) is 12.1 Å². The molecule has 1 aliphatic heterocycles. The lowest BCUT2D eigenvalue weighted by atomic mass is 10.1. The van der Waals surface area contributed by atoms with Gasteiger partial charge in [-0.25, -0.2) is 0 Å². The Morgan fingerprint density at radius 1 is 1.38 bits per heavy atom. The number of nitrogens with zero attached hydrogens (tertiary/aromatic N) is 1. The van der Waals surface area contributed by atoms with Gasteiger partial charge in [-0.2, -0.15) is 5.26 Å². The Kier molecular flexibility index (Phi) is 2.53. The summed E-state index contributed by atoms with van der Waals surface area (Å²) >= 11 is 1.91. The number of benzene rings is 1. The molecular formula is C10H10N2S. The summed E-state index contributed by atoms with van der Waals surface area (Å²) in [4.78, 5) is 0. The minimum absolute atomic E-state index is 0.424. The van der Waals surface area contributed by atoms with Gasteiger partial charge in [0.2, 0.25) is 0 Å². The lowest BCUT2D eigenvalue weighted by Gasteiger charge is -2.08. The van der Waals surface area contributed by atoms with E-state index in [1.165, 1.54) is 11.3 Å². The molecule has 1 aromatic rings. The Balaban J connectivity index is 2.18. The third-order valence-electron chi connectivity index (χ3n) is 2.06. The zero-order valence-corrected chi connectivity index (χ0v) is 7.97. The Morgan fingerprint density at radius 2 is 2.15 bits per heavy atom. The number of nitrogens with one attached hydrogen (secondary N) is 1. The van der Waals surface area contributed by atoms with E-state index < -0.39 is 0 Å². The predicted octanol–water partition coefficient (Wildman–Crippen LogP) is 1.89. The molecule has 2 rings (SSSR count). The minimum Gasteiger partial charge on any atom is -0.301 e. The molecule has 1 saturated heterocycles. The van der Waals surface area contributed by atoms with Gasteiger partial charge < -0.3 is 5.32 Å². The molecule has 1 aromatic carbocycles. The zero-order chi connectivity index (χ0) is 9.10. The van der Waals surface area contributed by atoms with Crippen molar-refractivity contribution in [2.45, 2.75) is 5.37 Å². The van der Waals surface area contributed by atoms with Gasteiger partial charge in [-0.1, -0.05) is 12.1 Å². The van der Waals surface area contributed by atoms with Crippen molar-refractivity contribution in [3.8, 4) is 6.07 Å². The molecule has 3 heteroatoms. The maximum Gasteiger partial charge on any atom is 0.0991 e. The third-order valence-corrected chi connectivity index (χ3v) is 3.27. The Labute approximate surface area is 82.0 Å². The second kappa shape index (κ2) is 3.82. The van der Waals surface area contributed by atoms with Gasteiger partial charge in [0.05, 0.1) is 17.0 Å². The molecule has 13 heavy (non-hydrogen) atoms. The van der Waals surface area contributed by atoms with E-state index in [2.05, 4.69) is 11.4 Å². The number of nitriles is 1. The van der Waals surface area contributed by atoms with Gasteiger partial charge in [-0.3, -0.25) is 0 Å².